The summed E-state index contributed by atoms with van der Waals surface area (Å²) in [5.41, 5.74) is 2.36. The van der Waals surface area contributed by atoms with Crippen LogP contribution in [0, 0.1) is 0 Å². The summed E-state index contributed by atoms with van der Waals surface area (Å²) in [6, 6.07) is 8.52. The highest BCUT2D eigenvalue weighted by molar-refractivity contribution is 5.89. The molecule has 1 fully saturated rings. The van der Waals surface area contributed by atoms with Crippen molar-refractivity contribution in [1.82, 2.24) is 4.90 Å². The third-order valence-corrected chi connectivity index (χ3v) is 3.27. The number of fused-ring (bicyclic) bond motifs is 2. The largest absolute Gasteiger partial charge is 0.394 e. The molecule has 2 aliphatic heterocycles. The van der Waals surface area contributed by atoms with Crippen LogP contribution in [0.4, 0.5) is 5.69 Å². The maximum atomic E-state index is 9.26. The summed E-state index contributed by atoms with van der Waals surface area (Å²) in [4.78, 5) is 6.88. The van der Waals surface area contributed by atoms with E-state index in [1.807, 2.05) is 12.1 Å². The van der Waals surface area contributed by atoms with Gasteiger partial charge in [0.2, 0.25) is 0 Å². The van der Waals surface area contributed by atoms with Gasteiger partial charge < -0.3 is 10.0 Å². The van der Waals surface area contributed by atoms with E-state index >= 15 is 0 Å². The Balaban J connectivity index is 2.00. The lowest BCUT2D eigenvalue weighted by molar-refractivity contribution is 0.187. The number of hydrogen-bond donors (Lipinski definition) is 1. The molecule has 0 radical (unpaired) electrons. The molecule has 1 aromatic carbocycles. The third-order valence-electron chi connectivity index (χ3n) is 3.27. The first kappa shape index (κ1) is 8.92. The van der Waals surface area contributed by atoms with Gasteiger partial charge in [0.1, 0.15) is 5.84 Å². The summed E-state index contributed by atoms with van der Waals surface area (Å²) in [7, 11) is 0. The monoisotopic (exact) mass is 202 g/mol. The van der Waals surface area contributed by atoms with Crippen LogP contribution in [0.1, 0.15) is 18.4 Å². The number of nitrogens with zero attached hydrogens (tertiary/aromatic N) is 2. The maximum absolute atomic E-state index is 9.26. The number of rotatable bonds is 1. The van der Waals surface area contributed by atoms with E-state index in [1.165, 1.54) is 5.56 Å². The van der Waals surface area contributed by atoms with Crippen LogP contribution in [-0.4, -0.2) is 28.5 Å². The summed E-state index contributed by atoms with van der Waals surface area (Å²) in [6.45, 7) is 1.14. The minimum atomic E-state index is 0.237. The van der Waals surface area contributed by atoms with Crippen molar-refractivity contribution < 1.29 is 5.11 Å². The van der Waals surface area contributed by atoms with E-state index < -0.39 is 0 Å². The molecule has 2 heterocycles. The Labute approximate surface area is 89.1 Å². The highest BCUT2D eigenvalue weighted by Crippen LogP contribution is 2.32. The van der Waals surface area contributed by atoms with Crippen LogP contribution >= 0.6 is 0 Å². The number of hydrogen-bond acceptors (Lipinski definition) is 3. The van der Waals surface area contributed by atoms with Crippen molar-refractivity contribution in [2.75, 3.05) is 6.61 Å². The number of amidine groups is 1. The molecule has 0 spiro atoms. The second-order valence-corrected chi connectivity index (χ2v) is 4.16. The van der Waals surface area contributed by atoms with Gasteiger partial charge in [0, 0.05) is 13.0 Å². The van der Waals surface area contributed by atoms with Crippen LogP contribution in [0.2, 0.25) is 0 Å². The van der Waals surface area contributed by atoms with Crippen LogP contribution in [0.5, 0.6) is 0 Å². The average molecular weight is 202 g/mol. The molecule has 15 heavy (non-hydrogen) atoms. The molecule has 0 aliphatic carbocycles. The van der Waals surface area contributed by atoms with Crippen LogP contribution in [0.15, 0.2) is 29.3 Å². The van der Waals surface area contributed by atoms with Gasteiger partial charge in [0.15, 0.2) is 0 Å². The summed E-state index contributed by atoms with van der Waals surface area (Å²) >= 11 is 0. The van der Waals surface area contributed by atoms with Crippen molar-refractivity contribution in [2.24, 2.45) is 4.99 Å². The van der Waals surface area contributed by atoms with Crippen molar-refractivity contribution in [1.29, 1.82) is 0 Å². The van der Waals surface area contributed by atoms with Gasteiger partial charge in [-0.25, -0.2) is 4.99 Å². The summed E-state index contributed by atoms with van der Waals surface area (Å²) in [5, 5.41) is 9.26. The molecular weight excluding hydrogens is 188 g/mol. The number of aliphatic imine (C=N–C) groups is 1. The molecule has 3 heteroatoms. The molecule has 1 atom stereocenters. The van der Waals surface area contributed by atoms with Gasteiger partial charge in [-0.3, -0.25) is 0 Å². The first-order valence-electron chi connectivity index (χ1n) is 5.41. The lowest BCUT2D eigenvalue weighted by Gasteiger charge is -2.29. The Morgan fingerprint density at radius 2 is 2.27 bits per heavy atom. The van der Waals surface area contributed by atoms with Gasteiger partial charge in [0.05, 0.1) is 18.3 Å². The van der Waals surface area contributed by atoms with Gasteiger partial charge in [-0.2, -0.15) is 0 Å². The summed E-state index contributed by atoms with van der Waals surface area (Å²) in [5.74, 6) is 1.15. The molecule has 78 valence electrons. The number of para-hydroxylation sites is 1. The zero-order valence-corrected chi connectivity index (χ0v) is 8.56. The lowest BCUT2D eigenvalue weighted by Crippen LogP contribution is -2.36. The Morgan fingerprint density at radius 3 is 3.13 bits per heavy atom. The number of aliphatic hydroxyl groups is 1. The van der Waals surface area contributed by atoms with Crippen molar-refractivity contribution in [3.8, 4) is 0 Å². The van der Waals surface area contributed by atoms with Crippen molar-refractivity contribution in [3.05, 3.63) is 29.8 Å². The molecular formula is C12H14N2O. The van der Waals surface area contributed by atoms with Crippen molar-refractivity contribution in [3.63, 3.8) is 0 Å². The fourth-order valence-corrected chi connectivity index (χ4v) is 2.41. The predicted molar refractivity (Wildman–Crippen MR) is 59.2 cm³/mol. The van der Waals surface area contributed by atoms with Crippen LogP contribution in [-0.2, 0) is 6.54 Å². The molecule has 0 saturated carbocycles. The molecule has 0 bridgehead atoms. The topological polar surface area (TPSA) is 35.8 Å². The molecule has 0 amide bonds. The molecule has 1 saturated heterocycles. The molecule has 0 unspecified atom stereocenters. The van der Waals surface area contributed by atoms with Gasteiger partial charge in [0.25, 0.3) is 0 Å². The minimum Gasteiger partial charge on any atom is -0.394 e. The van der Waals surface area contributed by atoms with E-state index in [1.54, 1.807) is 0 Å². The van der Waals surface area contributed by atoms with Gasteiger partial charge >= 0.3 is 0 Å². The van der Waals surface area contributed by atoms with E-state index in [4.69, 9.17) is 0 Å². The van der Waals surface area contributed by atoms with E-state index in [2.05, 4.69) is 22.0 Å². The highest BCUT2D eigenvalue weighted by atomic mass is 16.3. The normalized spacial score (nSPS) is 23.4. The average Bonchev–Trinajstić information content (AvgIpc) is 2.68. The van der Waals surface area contributed by atoms with Crippen molar-refractivity contribution >= 4 is 11.5 Å². The molecule has 3 rings (SSSR count). The Kier molecular flexibility index (Phi) is 1.99. The van der Waals surface area contributed by atoms with E-state index in [0.717, 1.165) is 30.9 Å². The molecule has 3 nitrogen and oxygen atoms in total. The SMILES string of the molecule is OC[C@@H]1CCC2=Nc3ccccc3CN21. The van der Waals surface area contributed by atoms with Crippen LogP contribution < -0.4 is 0 Å². The molecule has 0 aromatic heterocycles. The van der Waals surface area contributed by atoms with E-state index in [0.29, 0.717) is 0 Å². The lowest BCUT2D eigenvalue weighted by atomic mass is 10.1. The molecule has 1 N–H and O–H groups in total. The summed E-state index contributed by atoms with van der Waals surface area (Å²) in [6.07, 6.45) is 2.03. The van der Waals surface area contributed by atoms with Gasteiger partial charge in [-0.1, -0.05) is 18.2 Å². The smallest absolute Gasteiger partial charge is 0.105 e. The van der Waals surface area contributed by atoms with Crippen molar-refractivity contribution in [2.45, 2.75) is 25.4 Å². The summed E-state index contributed by atoms with van der Waals surface area (Å²) < 4.78 is 0. The second kappa shape index (κ2) is 3.35. The second-order valence-electron chi connectivity index (χ2n) is 4.16. The standard InChI is InChI=1S/C12H14N2O/c15-8-10-5-6-12-13-11-4-2-1-3-9(11)7-14(10)12/h1-4,10,15H,5-8H2/t10-/m0/s1. The quantitative estimate of drug-likeness (QED) is 0.752. The highest BCUT2D eigenvalue weighted by Gasteiger charge is 2.31. The minimum absolute atomic E-state index is 0.237. The Hall–Kier alpha value is -1.35. The third kappa shape index (κ3) is 1.35. The maximum Gasteiger partial charge on any atom is 0.105 e. The fourth-order valence-electron chi connectivity index (χ4n) is 2.41. The van der Waals surface area contributed by atoms with Gasteiger partial charge in [-0.15, -0.1) is 0 Å². The van der Waals surface area contributed by atoms with Gasteiger partial charge in [-0.05, 0) is 18.1 Å². The Morgan fingerprint density at radius 1 is 1.40 bits per heavy atom. The number of aliphatic hydroxyl groups excluding tert-OH is 1. The fraction of sp³-hybridized carbons (Fsp3) is 0.417. The molecule has 2 aliphatic rings. The van der Waals surface area contributed by atoms with E-state index in [-0.39, 0.29) is 12.6 Å². The first-order valence-corrected chi connectivity index (χ1v) is 5.41. The Bertz CT molecular complexity index is 414. The zero-order valence-electron chi connectivity index (χ0n) is 8.56. The first-order chi connectivity index (χ1) is 7.38. The predicted octanol–water partition coefficient (Wildman–Crippen LogP) is 1.69. The number of benzene rings is 1. The zero-order chi connectivity index (χ0) is 10.3. The van der Waals surface area contributed by atoms with Crippen LogP contribution in [0.3, 0.4) is 0 Å². The van der Waals surface area contributed by atoms with Crippen LogP contribution in [0.25, 0.3) is 0 Å². The van der Waals surface area contributed by atoms with E-state index in [9.17, 15) is 5.11 Å². The molecule has 1 aromatic rings.